The third-order valence-electron chi connectivity index (χ3n) is 5.83. The first-order valence-electron chi connectivity index (χ1n) is 11.4. The van der Waals surface area contributed by atoms with Crippen molar-refractivity contribution in [1.82, 2.24) is 10.2 Å². The minimum absolute atomic E-state index is 0.0668. The van der Waals surface area contributed by atoms with Gasteiger partial charge in [0.15, 0.2) is 0 Å². The van der Waals surface area contributed by atoms with E-state index in [0.717, 1.165) is 43.2 Å². The SMILES string of the molecule is O=C(Nc1ccccc1OCCCCO)N[C@@H]1CCN(Cc2ccc3cc(F)ccc3c2)C1. The lowest BCUT2D eigenvalue weighted by molar-refractivity contribution is 0.246. The highest BCUT2D eigenvalue weighted by Gasteiger charge is 2.24. The van der Waals surface area contributed by atoms with Crippen molar-refractivity contribution in [3.8, 4) is 5.75 Å². The summed E-state index contributed by atoms with van der Waals surface area (Å²) >= 11 is 0. The number of hydrogen-bond donors (Lipinski definition) is 3. The van der Waals surface area contributed by atoms with Crippen LogP contribution in [0.15, 0.2) is 60.7 Å². The maximum atomic E-state index is 13.4. The van der Waals surface area contributed by atoms with Gasteiger partial charge in [0.2, 0.25) is 0 Å². The van der Waals surface area contributed by atoms with Crippen molar-refractivity contribution in [3.63, 3.8) is 0 Å². The zero-order valence-corrected chi connectivity index (χ0v) is 18.6. The van der Waals surface area contributed by atoms with Crippen molar-refractivity contribution >= 4 is 22.5 Å². The van der Waals surface area contributed by atoms with E-state index >= 15 is 0 Å². The Kier molecular flexibility index (Phi) is 7.75. The molecule has 174 valence electrons. The van der Waals surface area contributed by atoms with Crippen LogP contribution in [0, 0.1) is 5.82 Å². The lowest BCUT2D eigenvalue weighted by atomic mass is 10.1. The number of urea groups is 1. The Morgan fingerprint density at radius 1 is 1.09 bits per heavy atom. The summed E-state index contributed by atoms with van der Waals surface area (Å²) in [5.41, 5.74) is 1.80. The van der Waals surface area contributed by atoms with Gasteiger partial charge in [-0.2, -0.15) is 0 Å². The van der Waals surface area contributed by atoms with Crippen molar-refractivity contribution in [2.75, 3.05) is 31.6 Å². The summed E-state index contributed by atoms with van der Waals surface area (Å²) in [5.74, 6) is 0.396. The van der Waals surface area contributed by atoms with Gasteiger partial charge in [0.1, 0.15) is 11.6 Å². The van der Waals surface area contributed by atoms with Crippen LogP contribution in [0.5, 0.6) is 5.75 Å². The highest BCUT2D eigenvalue weighted by Crippen LogP contribution is 2.24. The molecule has 1 aliphatic heterocycles. The minimum Gasteiger partial charge on any atom is -0.491 e. The first-order valence-corrected chi connectivity index (χ1v) is 11.4. The second-order valence-electron chi connectivity index (χ2n) is 8.42. The molecule has 0 unspecified atom stereocenters. The Morgan fingerprint density at radius 2 is 1.91 bits per heavy atom. The number of nitrogens with one attached hydrogen (secondary N) is 2. The maximum Gasteiger partial charge on any atom is 0.319 e. The second-order valence-corrected chi connectivity index (χ2v) is 8.42. The van der Waals surface area contributed by atoms with Gasteiger partial charge in [0, 0.05) is 32.3 Å². The van der Waals surface area contributed by atoms with Crippen molar-refractivity contribution in [2.24, 2.45) is 0 Å². The number of aliphatic hydroxyl groups excluding tert-OH is 1. The molecule has 0 spiro atoms. The Hall–Kier alpha value is -3.16. The molecule has 1 saturated heterocycles. The van der Waals surface area contributed by atoms with E-state index in [4.69, 9.17) is 9.84 Å². The molecule has 1 aliphatic rings. The fraction of sp³-hybridized carbons (Fsp3) is 0.346. The molecule has 1 atom stereocenters. The van der Waals surface area contributed by atoms with Crippen LogP contribution in [-0.2, 0) is 6.54 Å². The molecule has 4 rings (SSSR count). The number of aliphatic hydroxyl groups is 1. The number of benzene rings is 3. The van der Waals surface area contributed by atoms with E-state index < -0.39 is 0 Å². The summed E-state index contributed by atoms with van der Waals surface area (Å²) in [6.45, 7) is 3.09. The van der Waals surface area contributed by atoms with E-state index in [1.807, 2.05) is 36.4 Å². The van der Waals surface area contributed by atoms with Crippen LogP contribution in [0.1, 0.15) is 24.8 Å². The van der Waals surface area contributed by atoms with Gasteiger partial charge in [-0.05, 0) is 65.9 Å². The lowest BCUT2D eigenvalue weighted by Crippen LogP contribution is -2.39. The van der Waals surface area contributed by atoms with Crippen LogP contribution in [0.4, 0.5) is 14.9 Å². The van der Waals surface area contributed by atoms with E-state index in [9.17, 15) is 9.18 Å². The number of hydrogen-bond acceptors (Lipinski definition) is 4. The summed E-state index contributed by atoms with van der Waals surface area (Å²) in [6, 6.07) is 18.1. The molecule has 1 heterocycles. The lowest BCUT2D eigenvalue weighted by Gasteiger charge is -2.18. The number of nitrogens with zero attached hydrogens (tertiary/aromatic N) is 1. The topological polar surface area (TPSA) is 73.8 Å². The standard InChI is InChI=1S/C26H30FN3O3/c27-22-10-9-20-15-19(7-8-21(20)16-22)17-30-12-11-23(18-30)28-26(32)29-24-5-1-2-6-25(24)33-14-4-3-13-31/h1-2,5-10,15-16,23,31H,3-4,11-14,17-18H2,(H2,28,29,32)/t23-/m1/s1. The van der Waals surface area contributed by atoms with Crippen LogP contribution in [0.25, 0.3) is 10.8 Å². The van der Waals surface area contributed by atoms with Gasteiger partial charge < -0.3 is 20.5 Å². The second kappa shape index (κ2) is 11.1. The normalized spacial score (nSPS) is 16.1. The fourth-order valence-corrected chi connectivity index (χ4v) is 4.15. The number of anilines is 1. The van der Waals surface area contributed by atoms with Crippen LogP contribution in [-0.4, -0.2) is 48.4 Å². The third kappa shape index (κ3) is 6.43. The van der Waals surface area contributed by atoms with Crippen molar-refractivity contribution in [1.29, 1.82) is 0 Å². The number of unbranched alkanes of at least 4 members (excludes halogenated alkanes) is 1. The van der Waals surface area contributed by atoms with E-state index in [-0.39, 0.29) is 24.5 Å². The van der Waals surface area contributed by atoms with Crippen molar-refractivity contribution < 1.29 is 19.0 Å². The van der Waals surface area contributed by atoms with Crippen molar-refractivity contribution in [3.05, 3.63) is 72.0 Å². The maximum absolute atomic E-state index is 13.4. The molecule has 3 N–H and O–H groups in total. The largest absolute Gasteiger partial charge is 0.491 e. The Morgan fingerprint density at radius 3 is 2.79 bits per heavy atom. The predicted octanol–water partition coefficient (Wildman–Crippen LogP) is 4.53. The first kappa shape index (κ1) is 23.0. The molecular formula is C26H30FN3O3. The zero-order chi connectivity index (χ0) is 23.0. The number of likely N-dealkylation sites (tertiary alicyclic amines) is 1. The monoisotopic (exact) mass is 451 g/mol. The minimum atomic E-state index is -0.249. The summed E-state index contributed by atoms with van der Waals surface area (Å²) in [5, 5.41) is 16.8. The van der Waals surface area contributed by atoms with Gasteiger partial charge in [0.05, 0.1) is 12.3 Å². The predicted molar refractivity (Wildman–Crippen MR) is 128 cm³/mol. The molecule has 1 fully saturated rings. The number of para-hydroxylation sites is 2. The molecule has 0 aliphatic carbocycles. The summed E-state index contributed by atoms with van der Waals surface area (Å²) in [4.78, 5) is 14.9. The molecule has 0 aromatic heterocycles. The Labute approximate surface area is 193 Å². The molecule has 2 amide bonds. The molecule has 6 nitrogen and oxygen atoms in total. The molecule has 0 saturated carbocycles. The van der Waals surface area contributed by atoms with Crippen molar-refractivity contribution in [2.45, 2.75) is 31.8 Å². The average molecular weight is 452 g/mol. The van der Waals surface area contributed by atoms with Gasteiger partial charge in [-0.15, -0.1) is 0 Å². The number of carbonyl (C=O) groups is 1. The van der Waals surface area contributed by atoms with Gasteiger partial charge in [-0.3, -0.25) is 4.90 Å². The first-order chi connectivity index (χ1) is 16.1. The molecule has 0 bridgehead atoms. The summed E-state index contributed by atoms with van der Waals surface area (Å²) in [7, 11) is 0. The Balaban J connectivity index is 1.27. The van der Waals surface area contributed by atoms with Gasteiger partial charge >= 0.3 is 6.03 Å². The highest BCUT2D eigenvalue weighted by atomic mass is 19.1. The molecule has 33 heavy (non-hydrogen) atoms. The third-order valence-corrected chi connectivity index (χ3v) is 5.83. The molecule has 0 radical (unpaired) electrons. The van der Waals surface area contributed by atoms with E-state index in [1.165, 1.54) is 11.6 Å². The molecule has 3 aromatic rings. The average Bonchev–Trinajstić information content (AvgIpc) is 3.24. The Bertz CT molecular complexity index is 1090. The van der Waals surface area contributed by atoms with Crippen LogP contribution >= 0.6 is 0 Å². The molecule has 3 aromatic carbocycles. The number of fused-ring (bicyclic) bond motifs is 1. The number of amides is 2. The molecule has 7 heteroatoms. The van der Waals surface area contributed by atoms with E-state index in [2.05, 4.69) is 21.6 Å². The van der Waals surface area contributed by atoms with Gasteiger partial charge in [-0.25, -0.2) is 9.18 Å². The number of halogens is 1. The summed E-state index contributed by atoms with van der Waals surface area (Å²) in [6.07, 6.45) is 2.32. The van der Waals surface area contributed by atoms with Gasteiger partial charge in [-0.1, -0.05) is 30.3 Å². The van der Waals surface area contributed by atoms with Crippen LogP contribution in [0.3, 0.4) is 0 Å². The number of ether oxygens (including phenoxy) is 1. The van der Waals surface area contributed by atoms with Crippen LogP contribution < -0.4 is 15.4 Å². The van der Waals surface area contributed by atoms with Gasteiger partial charge in [0.25, 0.3) is 0 Å². The quantitative estimate of drug-likeness (QED) is 0.418. The summed E-state index contributed by atoms with van der Waals surface area (Å²) < 4.78 is 19.1. The molecular weight excluding hydrogens is 421 g/mol. The van der Waals surface area contributed by atoms with Crippen LogP contribution in [0.2, 0.25) is 0 Å². The smallest absolute Gasteiger partial charge is 0.319 e. The number of carbonyl (C=O) groups excluding carboxylic acids is 1. The number of rotatable bonds is 9. The van der Waals surface area contributed by atoms with E-state index in [1.54, 1.807) is 12.1 Å². The fourth-order valence-electron chi connectivity index (χ4n) is 4.15. The highest BCUT2D eigenvalue weighted by molar-refractivity contribution is 5.91. The zero-order valence-electron chi connectivity index (χ0n) is 18.6. The van der Waals surface area contributed by atoms with E-state index in [0.29, 0.717) is 24.5 Å².